The lowest BCUT2D eigenvalue weighted by molar-refractivity contribution is -0.122. The molecule has 0 saturated carbocycles. The Labute approximate surface area is 194 Å². The molecule has 0 radical (unpaired) electrons. The SMILES string of the molecule is COc1ccc(N2CC(C(=O)Nc3c4c(nn3-c3ccc(Cl)cc3)CSC4)CC2=O)cc1. The van der Waals surface area contributed by atoms with Crippen LogP contribution in [0.5, 0.6) is 5.75 Å². The molecule has 0 bridgehead atoms. The molecule has 2 aliphatic heterocycles. The molecule has 2 aliphatic rings. The van der Waals surface area contributed by atoms with Crippen LogP contribution in [0.3, 0.4) is 0 Å². The lowest BCUT2D eigenvalue weighted by Crippen LogP contribution is -2.28. The molecule has 1 N–H and O–H groups in total. The summed E-state index contributed by atoms with van der Waals surface area (Å²) in [5.74, 6) is 2.31. The van der Waals surface area contributed by atoms with Crippen LogP contribution in [-0.2, 0) is 21.1 Å². The Bertz CT molecular complexity index is 1180. The smallest absolute Gasteiger partial charge is 0.230 e. The second kappa shape index (κ2) is 8.52. The molecule has 0 spiro atoms. The quantitative estimate of drug-likeness (QED) is 0.605. The van der Waals surface area contributed by atoms with Gasteiger partial charge in [-0.25, -0.2) is 4.68 Å². The first-order valence-electron chi connectivity index (χ1n) is 10.2. The molecule has 1 unspecified atom stereocenters. The van der Waals surface area contributed by atoms with Crippen molar-refractivity contribution >= 4 is 46.7 Å². The summed E-state index contributed by atoms with van der Waals surface area (Å²) in [4.78, 5) is 27.5. The molecule has 7 nitrogen and oxygen atoms in total. The van der Waals surface area contributed by atoms with Crippen molar-refractivity contribution in [1.29, 1.82) is 0 Å². The Morgan fingerprint density at radius 2 is 1.84 bits per heavy atom. The molecule has 1 atom stereocenters. The van der Waals surface area contributed by atoms with Gasteiger partial charge in [0.05, 0.1) is 24.4 Å². The Kier molecular flexibility index (Phi) is 5.57. The molecule has 5 rings (SSSR count). The van der Waals surface area contributed by atoms with Gasteiger partial charge in [-0.05, 0) is 48.5 Å². The highest BCUT2D eigenvalue weighted by molar-refractivity contribution is 7.98. The third kappa shape index (κ3) is 3.84. The van der Waals surface area contributed by atoms with E-state index in [0.717, 1.165) is 39.9 Å². The number of nitrogens with one attached hydrogen (secondary N) is 1. The maximum absolute atomic E-state index is 13.2. The number of ether oxygens (including phenoxy) is 1. The second-order valence-corrected chi connectivity index (χ2v) is 9.17. The maximum atomic E-state index is 13.2. The van der Waals surface area contributed by atoms with Crippen molar-refractivity contribution in [2.75, 3.05) is 23.9 Å². The minimum atomic E-state index is -0.442. The first kappa shape index (κ1) is 20.9. The standard InChI is InChI=1S/C23H21ClN4O3S/c1-31-18-8-6-16(7-9-18)27-11-14(10-21(27)29)23(30)25-22-19-12-32-13-20(19)26-28(22)17-4-2-15(24)3-5-17/h2-9,14H,10-13H2,1H3,(H,25,30). The molecule has 3 aromatic rings. The van der Waals surface area contributed by atoms with Crippen molar-refractivity contribution in [3.05, 3.63) is 64.8 Å². The lowest BCUT2D eigenvalue weighted by Gasteiger charge is -2.17. The van der Waals surface area contributed by atoms with E-state index in [2.05, 4.69) is 5.32 Å². The van der Waals surface area contributed by atoms with Gasteiger partial charge in [0.25, 0.3) is 0 Å². The van der Waals surface area contributed by atoms with E-state index in [4.69, 9.17) is 21.4 Å². The molecule has 164 valence electrons. The highest BCUT2D eigenvalue weighted by Crippen LogP contribution is 2.37. The number of amides is 2. The van der Waals surface area contributed by atoms with Gasteiger partial charge in [0.1, 0.15) is 11.6 Å². The first-order chi connectivity index (χ1) is 15.5. The minimum absolute atomic E-state index is 0.0673. The number of nitrogens with zero attached hydrogens (tertiary/aromatic N) is 3. The van der Waals surface area contributed by atoms with Crippen LogP contribution in [0.15, 0.2) is 48.5 Å². The number of fused-ring (bicyclic) bond motifs is 1. The van der Waals surface area contributed by atoms with E-state index in [1.54, 1.807) is 40.6 Å². The van der Waals surface area contributed by atoms with Gasteiger partial charge in [0.2, 0.25) is 11.8 Å². The zero-order chi connectivity index (χ0) is 22.2. The highest BCUT2D eigenvalue weighted by atomic mass is 35.5. The van der Waals surface area contributed by atoms with Gasteiger partial charge in [0, 0.05) is 40.7 Å². The Balaban J connectivity index is 1.37. The molecule has 1 aromatic heterocycles. The number of halogens is 1. The van der Waals surface area contributed by atoms with Gasteiger partial charge in [-0.15, -0.1) is 0 Å². The molecule has 1 fully saturated rings. The second-order valence-electron chi connectivity index (χ2n) is 7.75. The van der Waals surface area contributed by atoms with Crippen molar-refractivity contribution in [1.82, 2.24) is 9.78 Å². The number of thioether (sulfide) groups is 1. The van der Waals surface area contributed by atoms with E-state index in [-0.39, 0.29) is 18.2 Å². The molecular weight excluding hydrogens is 448 g/mol. The van der Waals surface area contributed by atoms with Gasteiger partial charge < -0.3 is 15.0 Å². The third-order valence-corrected chi connectivity index (χ3v) is 6.97. The zero-order valence-corrected chi connectivity index (χ0v) is 18.9. The number of carbonyl (C=O) groups excluding carboxylic acids is 2. The monoisotopic (exact) mass is 468 g/mol. The van der Waals surface area contributed by atoms with Gasteiger partial charge in [-0.2, -0.15) is 16.9 Å². The molecule has 2 aromatic carbocycles. The van der Waals surface area contributed by atoms with Crippen molar-refractivity contribution < 1.29 is 14.3 Å². The van der Waals surface area contributed by atoms with Crippen LogP contribution in [0, 0.1) is 5.92 Å². The first-order valence-corrected chi connectivity index (χ1v) is 11.8. The number of benzene rings is 2. The minimum Gasteiger partial charge on any atom is -0.497 e. The number of hydrogen-bond acceptors (Lipinski definition) is 5. The average Bonchev–Trinajstić information content (AvgIpc) is 3.50. The van der Waals surface area contributed by atoms with Crippen LogP contribution >= 0.6 is 23.4 Å². The summed E-state index contributed by atoms with van der Waals surface area (Å²) in [5, 5.41) is 8.42. The zero-order valence-electron chi connectivity index (χ0n) is 17.4. The number of hydrogen-bond donors (Lipinski definition) is 1. The van der Waals surface area contributed by atoms with E-state index in [1.165, 1.54) is 0 Å². The van der Waals surface area contributed by atoms with Crippen molar-refractivity contribution in [2.45, 2.75) is 17.9 Å². The number of methoxy groups -OCH3 is 1. The van der Waals surface area contributed by atoms with Crippen LogP contribution in [0.4, 0.5) is 11.5 Å². The Morgan fingerprint density at radius 1 is 1.12 bits per heavy atom. The topological polar surface area (TPSA) is 76.5 Å². The van der Waals surface area contributed by atoms with E-state index < -0.39 is 5.92 Å². The Hall–Kier alpha value is -2.97. The highest BCUT2D eigenvalue weighted by Gasteiger charge is 2.36. The number of rotatable bonds is 5. The van der Waals surface area contributed by atoms with Crippen LogP contribution in [0.2, 0.25) is 5.02 Å². The molecule has 32 heavy (non-hydrogen) atoms. The third-order valence-electron chi connectivity index (χ3n) is 5.74. The molecule has 2 amide bonds. The van der Waals surface area contributed by atoms with Crippen molar-refractivity contribution in [2.24, 2.45) is 5.92 Å². The maximum Gasteiger partial charge on any atom is 0.230 e. The fraction of sp³-hybridized carbons (Fsp3) is 0.261. The normalized spacial score (nSPS) is 17.5. The molecule has 1 saturated heterocycles. The summed E-state index contributed by atoms with van der Waals surface area (Å²) in [7, 11) is 1.60. The molecule has 3 heterocycles. The van der Waals surface area contributed by atoms with Gasteiger partial charge in [-0.3, -0.25) is 9.59 Å². The van der Waals surface area contributed by atoms with E-state index in [1.807, 2.05) is 36.4 Å². The van der Waals surface area contributed by atoms with Gasteiger partial charge in [0.15, 0.2) is 0 Å². The Morgan fingerprint density at radius 3 is 2.56 bits per heavy atom. The molecule has 0 aliphatic carbocycles. The van der Waals surface area contributed by atoms with Crippen molar-refractivity contribution in [3.63, 3.8) is 0 Å². The summed E-state index contributed by atoms with van der Waals surface area (Å²) < 4.78 is 6.94. The summed E-state index contributed by atoms with van der Waals surface area (Å²) in [6, 6.07) is 14.6. The largest absolute Gasteiger partial charge is 0.497 e. The van der Waals surface area contributed by atoms with Crippen LogP contribution in [0.1, 0.15) is 17.7 Å². The van der Waals surface area contributed by atoms with E-state index >= 15 is 0 Å². The summed E-state index contributed by atoms with van der Waals surface area (Å²) >= 11 is 7.80. The van der Waals surface area contributed by atoms with Gasteiger partial charge in [-0.1, -0.05) is 11.6 Å². The molecule has 9 heteroatoms. The van der Waals surface area contributed by atoms with E-state index in [0.29, 0.717) is 17.4 Å². The molecular formula is C23H21ClN4O3S. The van der Waals surface area contributed by atoms with Gasteiger partial charge >= 0.3 is 0 Å². The fourth-order valence-electron chi connectivity index (χ4n) is 4.02. The summed E-state index contributed by atoms with van der Waals surface area (Å²) in [6.07, 6.45) is 0.171. The fourth-order valence-corrected chi connectivity index (χ4v) is 5.18. The van der Waals surface area contributed by atoms with Crippen LogP contribution in [-0.4, -0.2) is 35.2 Å². The van der Waals surface area contributed by atoms with Crippen LogP contribution in [0.25, 0.3) is 5.69 Å². The average molecular weight is 469 g/mol. The number of anilines is 2. The lowest BCUT2D eigenvalue weighted by atomic mass is 10.1. The predicted octanol–water partition coefficient (Wildman–Crippen LogP) is 4.27. The van der Waals surface area contributed by atoms with E-state index in [9.17, 15) is 9.59 Å². The number of aromatic nitrogens is 2. The number of carbonyl (C=O) groups is 2. The summed E-state index contributed by atoms with van der Waals surface area (Å²) in [5.41, 5.74) is 3.60. The summed E-state index contributed by atoms with van der Waals surface area (Å²) in [6.45, 7) is 0.336. The predicted molar refractivity (Wildman–Crippen MR) is 126 cm³/mol. The van der Waals surface area contributed by atoms with Crippen LogP contribution < -0.4 is 15.0 Å². The van der Waals surface area contributed by atoms with Crippen molar-refractivity contribution in [3.8, 4) is 11.4 Å².